The molecule has 2 atom stereocenters. The number of nitrogens with one attached hydrogen (secondary N) is 2. The van der Waals surface area contributed by atoms with Crippen molar-refractivity contribution in [2.45, 2.75) is 31.8 Å². The average molecular weight is 456 g/mol. The molecule has 0 aliphatic carbocycles. The number of H-pyrrole nitrogens is 1. The van der Waals surface area contributed by atoms with Gasteiger partial charge in [-0.25, -0.2) is 13.2 Å². The number of nitrogens with zero attached hydrogens (tertiary/aromatic N) is 1. The second-order valence-corrected chi connectivity index (χ2v) is 9.93. The number of fused-ring (bicyclic) bond motifs is 2. The molecule has 1 aromatic heterocycles. The maximum absolute atomic E-state index is 13.0. The molecule has 2 aromatic carbocycles. The van der Waals surface area contributed by atoms with E-state index in [4.69, 9.17) is 4.74 Å². The van der Waals surface area contributed by atoms with Crippen molar-refractivity contribution in [3.8, 4) is 0 Å². The molecule has 2 N–H and O–H groups in total. The summed E-state index contributed by atoms with van der Waals surface area (Å²) in [5.41, 5.74) is 3.56. The molecule has 0 saturated heterocycles. The van der Waals surface area contributed by atoms with Crippen LogP contribution in [0.15, 0.2) is 48.7 Å². The van der Waals surface area contributed by atoms with Crippen LogP contribution in [-0.4, -0.2) is 50.7 Å². The zero-order valence-corrected chi connectivity index (χ0v) is 18.9. The van der Waals surface area contributed by atoms with Gasteiger partial charge in [-0.3, -0.25) is 9.10 Å². The number of carbonyl (C=O) groups excluding carboxylic acids is 2. The number of ether oxygens (including phenoxy) is 1. The van der Waals surface area contributed by atoms with Gasteiger partial charge in [-0.1, -0.05) is 18.2 Å². The van der Waals surface area contributed by atoms with Gasteiger partial charge in [0.15, 0.2) is 0 Å². The van der Waals surface area contributed by atoms with E-state index in [1.54, 1.807) is 18.2 Å². The Bertz CT molecular complexity index is 1300. The molecule has 0 radical (unpaired) electrons. The Balaban J connectivity index is 1.57. The lowest BCUT2D eigenvalue weighted by atomic mass is 10.0. The summed E-state index contributed by atoms with van der Waals surface area (Å²) in [6.07, 6.45) is 3.78. The summed E-state index contributed by atoms with van der Waals surface area (Å²) >= 11 is 0. The molecule has 9 heteroatoms. The van der Waals surface area contributed by atoms with Crippen molar-refractivity contribution in [1.29, 1.82) is 0 Å². The number of sulfonamides is 1. The van der Waals surface area contributed by atoms with Gasteiger partial charge in [-0.15, -0.1) is 0 Å². The van der Waals surface area contributed by atoms with Crippen molar-refractivity contribution in [3.63, 3.8) is 0 Å². The zero-order valence-electron chi connectivity index (χ0n) is 18.1. The standard InChI is InChI=1S/C23H25N3O5S/c1-14-10-16-11-15(8-9-21(16)26(14)32(3,29)30)22(27)25-20(23(28)31-2)12-17-13-24-19-7-5-4-6-18(17)19/h4-9,11,13-14,20,24H,10,12H2,1-3H3,(H,25,27). The van der Waals surface area contributed by atoms with Crippen LogP contribution in [0.5, 0.6) is 0 Å². The second kappa shape index (κ2) is 8.31. The van der Waals surface area contributed by atoms with Crippen LogP contribution >= 0.6 is 0 Å². The van der Waals surface area contributed by atoms with Gasteiger partial charge in [0, 0.05) is 35.1 Å². The lowest BCUT2D eigenvalue weighted by Crippen LogP contribution is -2.43. The van der Waals surface area contributed by atoms with Crippen molar-refractivity contribution in [2.75, 3.05) is 17.7 Å². The van der Waals surface area contributed by atoms with E-state index in [-0.39, 0.29) is 12.5 Å². The van der Waals surface area contributed by atoms with Crippen molar-refractivity contribution >= 4 is 38.5 Å². The van der Waals surface area contributed by atoms with Crippen LogP contribution in [0.2, 0.25) is 0 Å². The summed E-state index contributed by atoms with van der Waals surface area (Å²) in [6, 6.07) is 11.5. The van der Waals surface area contributed by atoms with E-state index in [0.29, 0.717) is 17.7 Å². The summed E-state index contributed by atoms with van der Waals surface area (Å²) < 4.78 is 30.5. The molecule has 0 fully saturated rings. The number of para-hydroxylation sites is 1. The van der Waals surface area contributed by atoms with Crippen LogP contribution in [0.1, 0.15) is 28.4 Å². The average Bonchev–Trinajstić information content (AvgIpc) is 3.31. The van der Waals surface area contributed by atoms with E-state index in [1.807, 2.05) is 37.4 Å². The Hall–Kier alpha value is -3.33. The lowest BCUT2D eigenvalue weighted by molar-refractivity contribution is -0.142. The third-order valence-corrected chi connectivity index (χ3v) is 7.01. The summed E-state index contributed by atoms with van der Waals surface area (Å²) in [6.45, 7) is 1.83. The smallest absolute Gasteiger partial charge is 0.328 e. The van der Waals surface area contributed by atoms with Crippen LogP contribution in [0.25, 0.3) is 10.9 Å². The van der Waals surface area contributed by atoms with Gasteiger partial charge in [-0.2, -0.15) is 0 Å². The Morgan fingerprint density at radius 2 is 2.00 bits per heavy atom. The SMILES string of the molecule is COC(=O)C(Cc1c[nH]c2ccccc12)NC(=O)c1ccc2c(c1)CC(C)N2S(C)(=O)=O. The largest absolute Gasteiger partial charge is 0.467 e. The number of methoxy groups -OCH3 is 1. The highest BCUT2D eigenvalue weighted by molar-refractivity contribution is 7.92. The molecular weight excluding hydrogens is 430 g/mol. The van der Waals surface area contributed by atoms with Gasteiger partial charge in [0.25, 0.3) is 5.91 Å². The molecule has 0 bridgehead atoms. The fraction of sp³-hybridized carbons (Fsp3) is 0.304. The number of benzene rings is 2. The molecular formula is C23H25N3O5S. The van der Waals surface area contributed by atoms with E-state index in [2.05, 4.69) is 10.3 Å². The first-order chi connectivity index (χ1) is 15.2. The van der Waals surface area contributed by atoms with Gasteiger partial charge in [0.2, 0.25) is 10.0 Å². The Morgan fingerprint density at radius 1 is 1.25 bits per heavy atom. The molecule has 2 unspecified atom stereocenters. The third-order valence-electron chi connectivity index (χ3n) is 5.74. The summed E-state index contributed by atoms with van der Waals surface area (Å²) in [5, 5.41) is 3.75. The number of esters is 1. The molecule has 32 heavy (non-hydrogen) atoms. The third kappa shape index (κ3) is 4.08. The van der Waals surface area contributed by atoms with E-state index in [9.17, 15) is 18.0 Å². The topological polar surface area (TPSA) is 109 Å². The van der Waals surface area contributed by atoms with Gasteiger partial charge in [0.1, 0.15) is 6.04 Å². The molecule has 8 nitrogen and oxygen atoms in total. The Kier molecular flexibility index (Phi) is 5.68. The van der Waals surface area contributed by atoms with Gasteiger partial charge >= 0.3 is 5.97 Å². The minimum Gasteiger partial charge on any atom is -0.467 e. The van der Waals surface area contributed by atoms with E-state index in [0.717, 1.165) is 22.0 Å². The van der Waals surface area contributed by atoms with Gasteiger partial charge < -0.3 is 15.0 Å². The Labute approximate surface area is 186 Å². The monoisotopic (exact) mass is 455 g/mol. The van der Waals surface area contributed by atoms with E-state index < -0.39 is 27.9 Å². The first kappa shape index (κ1) is 21.9. The van der Waals surface area contributed by atoms with Crippen molar-refractivity contribution in [2.24, 2.45) is 0 Å². The number of rotatable bonds is 6. The highest BCUT2D eigenvalue weighted by Gasteiger charge is 2.33. The minimum absolute atomic E-state index is 0.219. The molecule has 1 aliphatic heterocycles. The van der Waals surface area contributed by atoms with Crippen molar-refractivity contribution in [1.82, 2.24) is 10.3 Å². The van der Waals surface area contributed by atoms with E-state index >= 15 is 0 Å². The first-order valence-corrected chi connectivity index (χ1v) is 12.1. The summed E-state index contributed by atoms with van der Waals surface area (Å²) in [7, 11) is -2.13. The number of hydrogen-bond acceptors (Lipinski definition) is 5. The number of hydrogen-bond donors (Lipinski definition) is 2. The van der Waals surface area contributed by atoms with Crippen LogP contribution in [-0.2, 0) is 32.4 Å². The quantitative estimate of drug-likeness (QED) is 0.555. The lowest BCUT2D eigenvalue weighted by Gasteiger charge is -2.22. The Morgan fingerprint density at radius 3 is 2.72 bits per heavy atom. The molecule has 0 spiro atoms. The molecule has 3 aromatic rings. The fourth-order valence-electron chi connectivity index (χ4n) is 4.35. The van der Waals surface area contributed by atoms with Crippen molar-refractivity contribution < 1.29 is 22.7 Å². The van der Waals surface area contributed by atoms with Crippen LogP contribution in [0.3, 0.4) is 0 Å². The molecule has 0 saturated carbocycles. The molecule has 4 rings (SSSR count). The highest BCUT2D eigenvalue weighted by Crippen LogP contribution is 2.34. The van der Waals surface area contributed by atoms with Crippen LogP contribution in [0, 0.1) is 0 Å². The minimum atomic E-state index is -3.41. The molecule has 2 heterocycles. The molecule has 168 valence electrons. The number of anilines is 1. The van der Waals surface area contributed by atoms with Gasteiger partial charge in [-0.05, 0) is 48.7 Å². The maximum atomic E-state index is 13.0. The van der Waals surface area contributed by atoms with Crippen LogP contribution < -0.4 is 9.62 Å². The fourth-order valence-corrected chi connectivity index (χ4v) is 5.61. The molecule has 1 amide bonds. The number of amides is 1. The number of carbonyl (C=O) groups is 2. The summed E-state index contributed by atoms with van der Waals surface area (Å²) in [5.74, 6) is -0.963. The summed E-state index contributed by atoms with van der Waals surface area (Å²) in [4.78, 5) is 28.5. The first-order valence-electron chi connectivity index (χ1n) is 10.2. The second-order valence-electron chi connectivity index (χ2n) is 8.07. The normalized spacial score (nSPS) is 16.6. The number of aromatic amines is 1. The van der Waals surface area contributed by atoms with Crippen molar-refractivity contribution in [3.05, 3.63) is 65.4 Å². The highest BCUT2D eigenvalue weighted by atomic mass is 32.2. The molecule has 1 aliphatic rings. The van der Waals surface area contributed by atoms with Crippen LogP contribution in [0.4, 0.5) is 5.69 Å². The van der Waals surface area contributed by atoms with E-state index in [1.165, 1.54) is 17.7 Å². The number of aromatic nitrogens is 1. The van der Waals surface area contributed by atoms with Gasteiger partial charge in [0.05, 0.1) is 19.1 Å². The maximum Gasteiger partial charge on any atom is 0.328 e. The predicted molar refractivity (Wildman–Crippen MR) is 122 cm³/mol. The predicted octanol–water partition coefficient (Wildman–Crippen LogP) is 2.39. The zero-order chi connectivity index (χ0) is 23.0.